The van der Waals surface area contributed by atoms with Gasteiger partial charge in [0.15, 0.2) is 0 Å². The molecule has 2 heterocycles. The molecule has 17 heavy (non-hydrogen) atoms. The van der Waals surface area contributed by atoms with E-state index in [4.69, 9.17) is 0 Å². The first kappa shape index (κ1) is 12.8. The average molecular weight is 314 g/mol. The van der Waals surface area contributed by atoms with Crippen molar-refractivity contribution in [2.75, 3.05) is 6.54 Å². The van der Waals surface area contributed by atoms with Crippen LogP contribution in [0.15, 0.2) is 28.4 Å². The van der Waals surface area contributed by atoms with Crippen LogP contribution in [0.2, 0.25) is 0 Å². The molecule has 0 saturated carbocycles. The molecule has 0 spiro atoms. The third kappa shape index (κ3) is 3.66. The standard InChI is InChI=1S/C12H16BrN3S/c1-2-5-14-6-10-7-15-9-16(10)8-11-3-4-12(13)17-11/h3-4,7,9,14H,2,5-6,8H2,1H3. The quantitative estimate of drug-likeness (QED) is 0.830. The summed E-state index contributed by atoms with van der Waals surface area (Å²) >= 11 is 5.26. The van der Waals surface area contributed by atoms with Crippen LogP contribution in [0.1, 0.15) is 23.9 Å². The Morgan fingerprint density at radius 1 is 1.47 bits per heavy atom. The van der Waals surface area contributed by atoms with E-state index >= 15 is 0 Å². The van der Waals surface area contributed by atoms with E-state index < -0.39 is 0 Å². The number of aromatic nitrogens is 2. The highest BCUT2D eigenvalue weighted by molar-refractivity contribution is 9.11. The Morgan fingerprint density at radius 3 is 3.06 bits per heavy atom. The van der Waals surface area contributed by atoms with Gasteiger partial charge in [-0.25, -0.2) is 4.98 Å². The SMILES string of the molecule is CCCNCc1cncn1Cc1ccc(Br)s1. The van der Waals surface area contributed by atoms with Crippen molar-refractivity contribution in [3.8, 4) is 0 Å². The summed E-state index contributed by atoms with van der Waals surface area (Å²) < 4.78 is 3.37. The molecule has 5 heteroatoms. The molecule has 0 unspecified atom stereocenters. The maximum absolute atomic E-state index is 4.22. The molecule has 2 aromatic rings. The van der Waals surface area contributed by atoms with Crippen LogP contribution in [0.25, 0.3) is 0 Å². The Balaban J connectivity index is 1.98. The summed E-state index contributed by atoms with van der Waals surface area (Å²) in [5.41, 5.74) is 1.24. The number of hydrogen-bond donors (Lipinski definition) is 1. The summed E-state index contributed by atoms with van der Waals surface area (Å²) in [5, 5.41) is 3.40. The minimum atomic E-state index is 0.889. The highest BCUT2D eigenvalue weighted by atomic mass is 79.9. The van der Waals surface area contributed by atoms with E-state index in [1.807, 2.05) is 12.5 Å². The Labute approximate surface area is 114 Å². The summed E-state index contributed by atoms with van der Waals surface area (Å²) in [7, 11) is 0. The Kier molecular flexibility index (Phi) is 4.76. The number of halogens is 1. The molecule has 0 fully saturated rings. The summed E-state index contributed by atoms with van der Waals surface area (Å²) in [6, 6.07) is 4.24. The molecule has 2 aromatic heterocycles. The van der Waals surface area contributed by atoms with Gasteiger partial charge in [0.05, 0.1) is 22.4 Å². The number of rotatable bonds is 6. The highest BCUT2D eigenvalue weighted by Gasteiger charge is 2.04. The van der Waals surface area contributed by atoms with E-state index in [0.717, 1.165) is 26.1 Å². The van der Waals surface area contributed by atoms with E-state index in [-0.39, 0.29) is 0 Å². The van der Waals surface area contributed by atoms with Gasteiger partial charge in [-0.2, -0.15) is 0 Å². The third-order valence-electron chi connectivity index (χ3n) is 2.49. The Hall–Kier alpha value is -0.650. The molecule has 2 rings (SSSR count). The van der Waals surface area contributed by atoms with Crippen molar-refractivity contribution in [1.82, 2.24) is 14.9 Å². The third-order valence-corrected chi connectivity index (χ3v) is 4.09. The van der Waals surface area contributed by atoms with Crippen molar-refractivity contribution >= 4 is 27.3 Å². The van der Waals surface area contributed by atoms with Gasteiger partial charge in [-0.3, -0.25) is 0 Å². The van der Waals surface area contributed by atoms with Gasteiger partial charge >= 0.3 is 0 Å². The second-order valence-corrected chi connectivity index (χ2v) is 6.44. The largest absolute Gasteiger partial charge is 0.328 e. The summed E-state index contributed by atoms with van der Waals surface area (Å²) in [4.78, 5) is 5.56. The lowest BCUT2D eigenvalue weighted by Gasteiger charge is -2.07. The van der Waals surface area contributed by atoms with Crippen molar-refractivity contribution in [2.45, 2.75) is 26.4 Å². The van der Waals surface area contributed by atoms with Gasteiger partial charge in [-0.15, -0.1) is 11.3 Å². The van der Waals surface area contributed by atoms with Crippen LogP contribution in [0.5, 0.6) is 0 Å². The van der Waals surface area contributed by atoms with Crippen LogP contribution in [-0.2, 0) is 13.1 Å². The first-order valence-electron chi connectivity index (χ1n) is 5.73. The number of imidazole rings is 1. The van der Waals surface area contributed by atoms with Crippen molar-refractivity contribution in [3.05, 3.63) is 39.0 Å². The lowest BCUT2D eigenvalue weighted by Crippen LogP contribution is -2.16. The van der Waals surface area contributed by atoms with E-state index in [2.05, 4.69) is 49.9 Å². The fourth-order valence-corrected chi connectivity index (χ4v) is 3.12. The molecule has 0 bridgehead atoms. The Bertz CT molecular complexity index is 464. The molecule has 0 aliphatic carbocycles. The topological polar surface area (TPSA) is 29.9 Å². The lowest BCUT2D eigenvalue weighted by atomic mass is 10.4. The minimum Gasteiger partial charge on any atom is -0.328 e. The second-order valence-electron chi connectivity index (χ2n) is 3.90. The van der Waals surface area contributed by atoms with Crippen molar-refractivity contribution in [1.29, 1.82) is 0 Å². The molecule has 0 aliphatic rings. The van der Waals surface area contributed by atoms with Crippen LogP contribution in [0.4, 0.5) is 0 Å². The van der Waals surface area contributed by atoms with Gasteiger partial charge in [0.1, 0.15) is 0 Å². The smallest absolute Gasteiger partial charge is 0.0952 e. The number of nitrogens with one attached hydrogen (secondary N) is 1. The fourth-order valence-electron chi connectivity index (χ4n) is 1.64. The summed E-state index contributed by atoms with van der Waals surface area (Å²) in [6.45, 7) is 5.02. The molecule has 92 valence electrons. The first-order valence-corrected chi connectivity index (χ1v) is 7.34. The van der Waals surface area contributed by atoms with E-state index in [1.54, 1.807) is 11.3 Å². The van der Waals surface area contributed by atoms with Crippen LogP contribution in [0, 0.1) is 0 Å². The monoisotopic (exact) mass is 313 g/mol. The van der Waals surface area contributed by atoms with Gasteiger partial charge in [0, 0.05) is 17.6 Å². The predicted molar refractivity (Wildman–Crippen MR) is 75.3 cm³/mol. The van der Waals surface area contributed by atoms with Gasteiger partial charge < -0.3 is 9.88 Å². The zero-order valence-electron chi connectivity index (χ0n) is 9.82. The molecule has 0 radical (unpaired) electrons. The summed E-state index contributed by atoms with van der Waals surface area (Å²) in [5.74, 6) is 0. The normalized spacial score (nSPS) is 10.9. The lowest BCUT2D eigenvalue weighted by molar-refractivity contribution is 0.632. The number of hydrogen-bond acceptors (Lipinski definition) is 3. The highest BCUT2D eigenvalue weighted by Crippen LogP contribution is 2.23. The van der Waals surface area contributed by atoms with E-state index in [0.29, 0.717) is 0 Å². The fraction of sp³-hybridized carbons (Fsp3) is 0.417. The van der Waals surface area contributed by atoms with Gasteiger partial charge in [-0.1, -0.05) is 6.92 Å². The maximum Gasteiger partial charge on any atom is 0.0952 e. The zero-order chi connectivity index (χ0) is 12.1. The van der Waals surface area contributed by atoms with Crippen LogP contribution >= 0.6 is 27.3 Å². The van der Waals surface area contributed by atoms with Crippen LogP contribution < -0.4 is 5.32 Å². The predicted octanol–water partition coefficient (Wildman–Crippen LogP) is 3.26. The molecule has 3 nitrogen and oxygen atoms in total. The first-order chi connectivity index (χ1) is 8.29. The van der Waals surface area contributed by atoms with Crippen molar-refractivity contribution in [2.24, 2.45) is 0 Å². The molecular weight excluding hydrogens is 298 g/mol. The van der Waals surface area contributed by atoms with Crippen LogP contribution in [-0.4, -0.2) is 16.1 Å². The zero-order valence-corrected chi connectivity index (χ0v) is 12.2. The van der Waals surface area contributed by atoms with E-state index in [9.17, 15) is 0 Å². The molecule has 0 saturated heterocycles. The number of nitrogens with zero attached hydrogens (tertiary/aromatic N) is 2. The molecular formula is C12H16BrN3S. The number of thiophene rings is 1. The maximum atomic E-state index is 4.22. The molecule has 0 amide bonds. The van der Waals surface area contributed by atoms with Gasteiger partial charge in [0.25, 0.3) is 0 Å². The molecule has 1 N–H and O–H groups in total. The average Bonchev–Trinajstić information content (AvgIpc) is 2.90. The Morgan fingerprint density at radius 2 is 2.35 bits per heavy atom. The minimum absolute atomic E-state index is 0.889. The van der Waals surface area contributed by atoms with Crippen molar-refractivity contribution < 1.29 is 0 Å². The van der Waals surface area contributed by atoms with Crippen LogP contribution in [0.3, 0.4) is 0 Å². The molecule has 0 atom stereocenters. The van der Waals surface area contributed by atoms with Crippen molar-refractivity contribution in [3.63, 3.8) is 0 Å². The molecule has 0 aromatic carbocycles. The van der Waals surface area contributed by atoms with E-state index in [1.165, 1.54) is 14.4 Å². The second kappa shape index (κ2) is 6.33. The molecule has 0 aliphatic heterocycles. The van der Waals surface area contributed by atoms with Gasteiger partial charge in [0.2, 0.25) is 0 Å². The van der Waals surface area contributed by atoms with Gasteiger partial charge in [-0.05, 0) is 41.0 Å². The summed E-state index contributed by atoms with van der Waals surface area (Å²) in [6.07, 6.45) is 4.99.